The lowest BCUT2D eigenvalue weighted by Crippen LogP contribution is -2.89. The summed E-state index contributed by atoms with van der Waals surface area (Å²) in [4.78, 5) is 0. The molecule has 0 aliphatic carbocycles. The quantitative estimate of drug-likeness (QED) is 0.686. The SMILES string of the molecule is CC[C@H](C)[NH2+]CCCCOc1cc(C(C)C)ccc1C. The van der Waals surface area contributed by atoms with Gasteiger partial charge in [0.2, 0.25) is 0 Å². The lowest BCUT2D eigenvalue weighted by Gasteiger charge is -2.13. The van der Waals surface area contributed by atoms with Gasteiger partial charge in [-0.15, -0.1) is 0 Å². The van der Waals surface area contributed by atoms with Crippen molar-refractivity contribution in [3.63, 3.8) is 0 Å². The number of quaternary nitrogens is 1. The molecule has 0 fully saturated rings. The zero-order chi connectivity index (χ0) is 15.0. The van der Waals surface area contributed by atoms with Crippen molar-refractivity contribution in [1.82, 2.24) is 0 Å². The van der Waals surface area contributed by atoms with Gasteiger partial charge in [0.15, 0.2) is 0 Å². The molecule has 0 aromatic heterocycles. The Morgan fingerprint density at radius 2 is 1.90 bits per heavy atom. The van der Waals surface area contributed by atoms with Crippen molar-refractivity contribution >= 4 is 0 Å². The molecular weight excluding hydrogens is 246 g/mol. The molecule has 0 unspecified atom stereocenters. The molecule has 1 aromatic rings. The van der Waals surface area contributed by atoms with E-state index in [2.05, 4.69) is 58.1 Å². The number of hydrogen-bond donors (Lipinski definition) is 1. The highest BCUT2D eigenvalue weighted by atomic mass is 16.5. The van der Waals surface area contributed by atoms with Crippen LogP contribution in [0.15, 0.2) is 18.2 Å². The number of hydrogen-bond acceptors (Lipinski definition) is 1. The summed E-state index contributed by atoms with van der Waals surface area (Å²) in [5, 5.41) is 2.44. The topological polar surface area (TPSA) is 25.8 Å². The molecule has 1 atom stereocenters. The Morgan fingerprint density at radius 3 is 2.55 bits per heavy atom. The van der Waals surface area contributed by atoms with Gasteiger partial charge in [-0.05, 0) is 56.2 Å². The van der Waals surface area contributed by atoms with Gasteiger partial charge in [0.05, 0.1) is 19.2 Å². The summed E-state index contributed by atoms with van der Waals surface area (Å²) in [5.41, 5.74) is 2.59. The molecule has 0 saturated carbocycles. The van der Waals surface area contributed by atoms with E-state index in [1.165, 1.54) is 30.5 Å². The Balaban J connectivity index is 2.29. The highest BCUT2D eigenvalue weighted by molar-refractivity contribution is 5.37. The summed E-state index contributed by atoms with van der Waals surface area (Å²) in [7, 11) is 0. The molecule has 114 valence electrons. The molecule has 0 saturated heterocycles. The zero-order valence-electron chi connectivity index (χ0n) is 13.9. The summed E-state index contributed by atoms with van der Waals surface area (Å²) in [6.45, 7) is 13.1. The number of nitrogens with two attached hydrogens (primary N) is 1. The first-order valence-corrected chi connectivity index (χ1v) is 8.11. The molecule has 0 radical (unpaired) electrons. The van der Waals surface area contributed by atoms with Crippen molar-refractivity contribution in [2.45, 2.75) is 65.8 Å². The van der Waals surface area contributed by atoms with Gasteiger partial charge in [-0.25, -0.2) is 0 Å². The summed E-state index contributed by atoms with van der Waals surface area (Å²) < 4.78 is 5.95. The van der Waals surface area contributed by atoms with Crippen LogP contribution in [0.4, 0.5) is 0 Å². The van der Waals surface area contributed by atoms with Gasteiger partial charge >= 0.3 is 0 Å². The summed E-state index contributed by atoms with van der Waals surface area (Å²) >= 11 is 0. The predicted octanol–water partition coefficient (Wildman–Crippen LogP) is 3.64. The van der Waals surface area contributed by atoms with Crippen LogP contribution in [-0.2, 0) is 0 Å². The normalized spacial score (nSPS) is 12.7. The molecule has 1 rings (SSSR count). The van der Waals surface area contributed by atoms with Gasteiger partial charge in [0, 0.05) is 0 Å². The van der Waals surface area contributed by atoms with E-state index in [-0.39, 0.29) is 0 Å². The molecule has 20 heavy (non-hydrogen) atoms. The summed E-state index contributed by atoms with van der Waals surface area (Å²) in [5.74, 6) is 1.62. The van der Waals surface area contributed by atoms with Gasteiger partial charge in [0.25, 0.3) is 0 Å². The molecule has 0 bridgehead atoms. The van der Waals surface area contributed by atoms with Crippen molar-refractivity contribution in [2.24, 2.45) is 0 Å². The maximum absolute atomic E-state index is 5.95. The van der Waals surface area contributed by atoms with Crippen LogP contribution >= 0.6 is 0 Å². The van der Waals surface area contributed by atoms with Gasteiger partial charge in [0.1, 0.15) is 5.75 Å². The molecular formula is C18H32NO+. The molecule has 2 nitrogen and oxygen atoms in total. The number of rotatable bonds is 9. The monoisotopic (exact) mass is 278 g/mol. The second-order valence-electron chi connectivity index (χ2n) is 6.15. The van der Waals surface area contributed by atoms with E-state index in [0.717, 1.165) is 24.8 Å². The third-order valence-corrected chi connectivity index (χ3v) is 3.95. The fourth-order valence-electron chi connectivity index (χ4n) is 2.13. The Labute approximate surface area is 124 Å². The maximum Gasteiger partial charge on any atom is 0.122 e. The first-order chi connectivity index (χ1) is 9.54. The van der Waals surface area contributed by atoms with E-state index in [1.54, 1.807) is 0 Å². The molecule has 0 heterocycles. The van der Waals surface area contributed by atoms with Gasteiger partial charge in [-0.3, -0.25) is 0 Å². The zero-order valence-corrected chi connectivity index (χ0v) is 13.9. The molecule has 1 aromatic carbocycles. The Kier molecular flexibility index (Phi) is 7.68. The minimum Gasteiger partial charge on any atom is -0.493 e. The Bertz CT molecular complexity index is 387. The van der Waals surface area contributed by atoms with Crippen molar-refractivity contribution in [1.29, 1.82) is 0 Å². The smallest absolute Gasteiger partial charge is 0.122 e. The van der Waals surface area contributed by atoms with Crippen LogP contribution in [0.25, 0.3) is 0 Å². The van der Waals surface area contributed by atoms with E-state index >= 15 is 0 Å². The Morgan fingerprint density at radius 1 is 1.15 bits per heavy atom. The lowest BCUT2D eigenvalue weighted by atomic mass is 10.0. The van der Waals surface area contributed by atoms with Crippen molar-refractivity contribution in [3.8, 4) is 5.75 Å². The van der Waals surface area contributed by atoms with Gasteiger partial charge in [-0.1, -0.05) is 32.9 Å². The van der Waals surface area contributed by atoms with Crippen LogP contribution in [0.3, 0.4) is 0 Å². The fourth-order valence-corrected chi connectivity index (χ4v) is 2.13. The predicted molar refractivity (Wildman–Crippen MR) is 86.5 cm³/mol. The number of ether oxygens (including phenoxy) is 1. The van der Waals surface area contributed by atoms with Crippen molar-refractivity contribution in [3.05, 3.63) is 29.3 Å². The van der Waals surface area contributed by atoms with Crippen LogP contribution in [0, 0.1) is 6.92 Å². The first-order valence-electron chi connectivity index (χ1n) is 8.11. The molecule has 0 spiro atoms. The van der Waals surface area contributed by atoms with Crippen LogP contribution in [-0.4, -0.2) is 19.2 Å². The van der Waals surface area contributed by atoms with Crippen LogP contribution in [0.1, 0.15) is 64.0 Å². The van der Waals surface area contributed by atoms with Gasteiger partial charge < -0.3 is 10.1 Å². The lowest BCUT2D eigenvalue weighted by molar-refractivity contribution is -0.686. The van der Waals surface area contributed by atoms with Crippen LogP contribution in [0.5, 0.6) is 5.75 Å². The van der Waals surface area contributed by atoms with E-state index in [0.29, 0.717) is 5.92 Å². The second-order valence-corrected chi connectivity index (χ2v) is 6.15. The average Bonchev–Trinajstić information content (AvgIpc) is 2.43. The maximum atomic E-state index is 5.95. The molecule has 0 aliphatic rings. The third kappa shape index (κ3) is 5.96. The highest BCUT2D eigenvalue weighted by Crippen LogP contribution is 2.24. The van der Waals surface area contributed by atoms with Crippen LogP contribution < -0.4 is 10.1 Å². The summed E-state index contributed by atoms with van der Waals surface area (Å²) in [6, 6.07) is 7.32. The van der Waals surface area contributed by atoms with E-state index in [9.17, 15) is 0 Å². The van der Waals surface area contributed by atoms with Crippen molar-refractivity contribution < 1.29 is 10.1 Å². The highest BCUT2D eigenvalue weighted by Gasteiger charge is 2.05. The molecule has 2 heteroatoms. The largest absolute Gasteiger partial charge is 0.493 e. The average molecular weight is 278 g/mol. The minimum absolute atomic E-state index is 0.558. The molecule has 2 N–H and O–H groups in total. The first kappa shape index (κ1) is 17.0. The third-order valence-electron chi connectivity index (χ3n) is 3.95. The summed E-state index contributed by atoms with van der Waals surface area (Å²) in [6.07, 6.45) is 3.61. The van der Waals surface area contributed by atoms with Crippen molar-refractivity contribution in [2.75, 3.05) is 13.2 Å². The minimum atomic E-state index is 0.558. The van der Waals surface area contributed by atoms with Gasteiger partial charge in [-0.2, -0.15) is 0 Å². The fraction of sp³-hybridized carbons (Fsp3) is 0.667. The number of benzene rings is 1. The van der Waals surface area contributed by atoms with E-state index in [1.807, 2.05) is 0 Å². The van der Waals surface area contributed by atoms with Crippen LogP contribution in [0.2, 0.25) is 0 Å². The standard InChI is InChI=1S/C18H31NO/c1-6-16(5)19-11-7-8-12-20-18-13-17(14(2)3)10-9-15(18)4/h9-10,13-14,16,19H,6-8,11-12H2,1-5H3/p+1/t16-/m0/s1. The van der Waals surface area contributed by atoms with E-state index < -0.39 is 0 Å². The Hall–Kier alpha value is -1.02. The molecule has 0 amide bonds. The number of aryl methyl sites for hydroxylation is 1. The second kappa shape index (κ2) is 9.02. The molecule has 0 aliphatic heterocycles. The number of unbranched alkanes of at least 4 members (excludes halogenated alkanes) is 1. The van der Waals surface area contributed by atoms with E-state index in [4.69, 9.17) is 4.74 Å².